The van der Waals surface area contributed by atoms with E-state index in [0.29, 0.717) is 11.8 Å². The standard InChI is InChI=1S/C15H11ClFNO3/c1-21-14-6-12(18-7-10(14)8-19)11(17)5-9-3-2-4-13(20)15(9)16/h2-8,20H,1H3. The second kappa shape index (κ2) is 6.37. The summed E-state index contributed by atoms with van der Waals surface area (Å²) < 4.78 is 19.2. The van der Waals surface area contributed by atoms with Crippen LogP contribution in [0.2, 0.25) is 5.02 Å². The van der Waals surface area contributed by atoms with E-state index >= 15 is 0 Å². The van der Waals surface area contributed by atoms with E-state index in [9.17, 15) is 14.3 Å². The molecule has 0 aliphatic rings. The predicted molar refractivity (Wildman–Crippen MR) is 78.3 cm³/mol. The predicted octanol–water partition coefficient (Wildman–Crippen LogP) is 3.73. The maximum Gasteiger partial charge on any atom is 0.155 e. The van der Waals surface area contributed by atoms with Gasteiger partial charge in [-0.2, -0.15) is 0 Å². The van der Waals surface area contributed by atoms with Crippen LogP contribution >= 0.6 is 11.6 Å². The summed E-state index contributed by atoms with van der Waals surface area (Å²) in [7, 11) is 1.37. The third-order valence-corrected chi connectivity index (χ3v) is 3.19. The van der Waals surface area contributed by atoms with Crippen molar-refractivity contribution in [2.75, 3.05) is 7.11 Å². The van der Waals surface area contributed by atoms with Gasteiger partial charge in [0.05, 0.1) is 17.7 Å². The Morgan fingerprint density at radius 3 is 2.86 bits per heavy atom. The van der Waals surface area contributed by atoms with Crippen LogP contribution in [0.25, 0.3) is 11.9 Å². The molecule has 1 N–H and O–H groups in total. The molecule has 108 valence electrons. The van der Waals surface area contributed by atoms with E-state index in [4.69, 9.17) is 16.3 Å². The van der Waals surface area contributed by atoms with Crippen molar-refractivity contribution < 1.29 is 19.0 Å². The quantitative estimate of drug-likeness (QED) is 0.874. The molecule has 0 bridgehead atoms. The van der Waals surface area contributed by atoms with Gasteiger partial charge in [-0.1, -0.05) is 23.7 Å². The van der Waals surface area contributed by atoms with Crippen molar-refractivity contribution in [3.8, 4) is 11.5 Å². The molecule has 0 amide bonds. The highest BCUT2D eigenvalue weighted by atomic mass is 35.5. The van der Waals surface area contributed by atoms with Gasteiger partial charge in [-0.15, -0.1) is 0 Å². The minimum absolute atomic E-state index is 0.00291. The van der Waals surface area contributed by atoms with Gasteiger partial charge in [0.1, 0.15) is 23.0 Å². The number of ether oxygens (including phenoxy) is 1. The van der Waals surface area contributed by atoms with Crippen LogP contribution in [0.15, 0.2) is 30.5 Å². The number of halogens is 2. The van der Waals surface area contributed by atoms with Gasteiger partial charge in [0.15, 0.2) is 6.29 Å². The van der Waals surface area contributed by atoms with E-state index in [0.717, 1.165) is 6.08 Å². The molecule has 0 fully saturated rings. The third-order valence-electron chi connectivity index (χ3n) is 2.78. The molecule has 0 spiro atoms. The Labute approximate surface area is 125 Å². The summed E-state index contributed by atoms with van der Waals surface area (Å²) in [5, 5.41) is 9.52. The summed E-state index contributed by atoms with van der Waals surface area (Å²) in [6.45, 7) is 0. The van der Waals surface area contributed by atoms with Crippen molar-refractivity contribution in [2.45, 2.75) is 0 Å². The van der Waals surface area contributed by atoms with Crippen molar-refractivity contribution in [1.82, 2.24) is 4.98 Å². The molecule has 0 radical (unpaired) electrons. The second-order valence-electron chi connectivity index (χ2n) is 4.10. The Hall–Kier alpha value is -2.40. The van der Waals surface area contributed by atoms with Crippen molar-refractivity contribution in [3.63, 3.8) is 0 Å². The van der Waals surface area contributed by atoms with E-state index in [1.54, 1.807) is 12.1 Å². The minimum Gasteiger partial charge on any atom is -0.506 e. The number of hydrogen-bond acceptors (Lipinski definition) is 4. The Kier molecular flexibility index (Phi) is 4.55. The lowest BCUT2D eigenvalue weighted by Gasteiger charge is -2.05. The van der Waals surface area contributed by atoms with Crippen molar-refractivity contribution in [1.29, 1.82) is 0 Å². The zero-order valence-corrected chi connectivity index (χ0v) is 11.8. The average Bonchev–Trinajstić information content (AvgIpc) is 2.51. The van der Waals surface area contributed by atoms with Crippen LogP contribution in [0.3, 0.4) is 0 Å². The van der Waals surface area contributed by atoms with Crippen molar-refractivity contribution in [2.24, 2.45) is 0 Å². The third kappa shape index (κ3) is 3.20. The SMILES string of the molecule is COc1cc(C(F)=Cc2cccc(O)c2Cl)ncc1C=O. The molecule has 6 heteroatoms. The molecule has 1 heterocycles. The van der Waals surface area contributed by atoms with Crippen molar-refractivity contribution >= 4 is 29.8 Å². The number of phenolic OH excluding ortho intramolecular Hbond substituents is 1. The van der Waals surface area contributed by atoms with Crippen LogP contribution in [-0.4, -0.2) is 23.5 Å². The Bertz CT molecular complexity index is 716. The second-order valence-corrected chi connectivity index (χ2v) is 4.48. The normalized spacial score (nSPS) is 11.3. The fourth-order valence-electron chi connectivity index (χ4n) is 1.70. The highest BCUT2D eigenvalue weighted by Crippen LogP contribution is 2.30. The van der Waals surface area contributed by atoms with E-state index in [2.05, 4.69) is 4.98 Å². The Morgan fingerprint density at radius 2 is 2.19 bits per heavy atom. The minimum atomic E-state index is -0.668. The van der Waals surface area contributed by atoms with Gasteiger partial charge in [0, 0.05) is 12.3 Å². The molecule has 1 aromatic carbocycles. The molecule has 21 heavy (non-hydrogen) atoms. The van der Waals surface area contributed by atoms with Crippen LogP contribution in [-0.2, 0) is 0 Å². The molecular formula is C15H11ClFNO3. The molecular weight excluding hydrogens is 297 g/mol. The fourth-order valence-corrected chi connectivity index (χ4v) is 1.88. The number of aromatic hydroxyl groups is 1. The van der Waals surface area contributed by atoms with Crippen LogP contribution in [0.4, 0.5) is 4.39 Å². The van der Waals surface area contributed by atoms with Gasteiger partial charge >= 0.3 is 0 Å². The Balaban J connectivity index is 2.44. The first-order valence-electron chi connectivity index (χ1n) is 5.91. The van der Waals surface area contributed by atoms with E-state index in [-0.39, 0.29) is 27.8 Å². The summed E-state index contributed by atoms with van der Waals surface area (Å²) in [6, 6.07) is 5.81. The lowest BCUT2D eigenvalue weighted by molar-refractivity contribution is 0.112. The van der Waals surface area contributed by atoms with Gasteiger partial charge in [-0.3, -0.25) is 9.78 Å². The van der Waals surface area contributed by atoms with Crippen molar-refractivity contribution in [3.05, 3.63) is 52.3 Å². The molecule has 0 saturated carbocycles. The number of carbonyl (C=O) groups excluding carboxylic acids is 1. The summed E-state index contributed by atoms with van der Waals surface area (Å²) in [5.74, 6) is -0.584. The molecule has 0 atom stereocenters. The lowest BCUT2D eigenvalue weighted by Crippen LogP contribution is -1.95. The topological polar surface area (TPSA) is 59.4 Å². The Morgan fingerprint density at radius 1 is 1.43 bits per heavy atom. The first kappa shape index (κ1) is 15.0. The van der Waals surface area contributed by atoms with Crippen LogP contribution in [0.5, 0.6) is 11.5 Å². The number of phenols is 1. The number of hydrogen-bond donors (Lipinski definition) is 1. The summed E-state index contributed by atoms with van der Waals surface area (Å²) in [4.78, 5) is 14.6. The summed E-state index contributed by atoms with van der Waals surface area (Å²) >= 11 is 5.88. The monoisotopic (exact) mass is 307 g/mol. The molecule has 1 aromatic heterocycles. The van der Waals surface area contributed by atoms with E-state index in [1.165, 1.54) is 25.4 Å². The van der Waals surface area contributed by atoms with E-state index in [1.807, 2.05) is 0 Å². The number of aldehydes is 1. The van der Waals surface area contributed by atoms with Crippen LogP contribution < -0.4 is 4.74 Å². The highest BCUT2D eigenvalue weighted by Gasteiger charge is 2.10. The zero-order valence-electron chi connectivity index (χ0n) is 11.0. The summed E-state index contributed by atoms with van der Waals surface area (Å²) in [5.41, 5.74) is 0.538. The zero-order chi connectivity index (χ0) is 15.4. The molecule has 0 saturated heterocycles. The number of rotatable bonds is 4. The summed E-state index contributed by atoms with van der Waals surface area (Å²) in [6.07, 6.45) is 2.94. The van der Waals surface area contributed by atoms with Crippen LogP contribution in [0.1, 0.15) is 21.6 Å². The highest BCUT2D eigenvalue weighted by molar-refractivity contribution is 6.33. The number of methoxy groups -OCH3 is 1. The van der Waals surface area contributed by atoms with Gasteiger partial charge < -0.3 is 9.84 Å². The largest absolute Gasteiger partial charge is 0.506 e. The number of aromatic nitrogens is 1. The van der Waals surface area contributed by atoms with E-state index < -0.39 is 5.83 Å². The molecule has 0 aliphatic heterocycles. The molecule has 2 aromatic rings. The maximum absolute atomic E-state index is 14.2. The number of benzene rings is 1. The van der Waals surface area contributed by atoms with Gasteiger partial charge in [-0.05, 0) is 17.7 Å². The number of carbonyl (C=O) groups is 1. The fraction of sp³-hybridized carbons (Fsp3) is 0.0667. The van der Waals surface area contributed by atoms with Gasteiger partial charge in [-0.25, -0.2) is 4.39 Å². The average molecular weight is 308 g/mol. The van der Waals surface area contributed by atoms with Crippen LogP contribution in [0, 0.1) is 0 Å². The first-order chi connectivity index (χ1) is 10.1. The van der Waals surface area contributed by atoms with Gasteiger partial charge in [0.2, 0.25) is 0 Å². The maximum atomic E-state index is 14.2. The number of nitrogens with zero attached hydrogens (tertiary/aromatic N) is 1. The molecule has 0 unspecified atom stereocenters. The smallest absolute Gasteiger partial charge is 0.155 e. The molecule has 4 nitrogen and oxygen atoms in total. The molecule has 0 aliphatic carbocycles. The lowest BCUT2D eigenvalue weighted by atomic mass is 10.1. The van der Waals surface area contributed by atoms with Gasteiger partial charge in [0.25, 0.3) is 0 Å². The molecule has 2 rings (SSSR count). The number of pyridine rings is 1. The first-order valence-corrected chi connectivity index (χ1v) is 6.29.